The van der Waals surface area contributed by atoms with Gasteiger partial charge in [0.05, 0.1) is 47.8 Å². The van der Waals surface area contributed by atoms with Crippen LogP contribution in [-0.4, -0.2) is 86.2 Å². The van der Waals surface area contributed by atoms with Crippen LogP contribution in [0.4, 0.5) is 0 Å². The van der Waals surface area contributed by atoms with Crippen molar-refractivity contribution in [2.75, 3.05) is 0 Å². The zero-order valence-electron chi connectivity index (χ0n) is 43.0. The van der Waals surface area contributed by atoms with Gasteiger partial charge < -0.3 is 43.6 Å². The summed E-state index contributed by atoms with van der Waals surface area (Å²) in [5.74, 6) is 0. The lowest BCUT2D eigenvalue weighted by molar-refractivity contribution is 0.461. The molecule has 6 heterocycles. The second kappa shape index (κ2) is 20.2. The molecule has 0 aliphatic heterocycles. The number of aromatic nitrogens is 6. The van der Waals surface area contributed by atoms with Gasteiger partial charge in [0.25, 0.3) is 0 Å². The fourth-order valence-electron chi connectivity index (χ4n) is 10.6. The molecule has 15 aromatic rings. The highest BCUT2D eigenvalue weighted by atomic mass is 32.2. The van der Waals surface area contributed by atoms with E-state index in [4.69, 9.17) is 0 Å². The Morgan fingerprint density at radius 3 is 0.612 bits per heavy atom. The predicted molar refractivity (Wildman–Crippen MR) is 323 cm³/mol. The molecule has 0 unspecified atom stereocenters. The number of H-pyrrole nitrogens is 6. The first-order chi connectivity index (χ1) is 40.0. The lowest BCUT2D eigenvalue weighted by atomic mass is 10.1. The maximum Gasteiger partial charge on any atom is 0.197 e. The molecule has 0 amide bonds. The topological polar surface area (TPSA) is 369 Å². The van der Waals surface area contributed by atoms with Gasteiger partial charge in [-0.1, -0.05) is 36.4 Å². The molecule has 15 rings (SSSR count). The van der Waals surface area contributed by atoms with Crippen molar-refractivity contribution in [1.82, 2.24) is 29.9 Å². The highest BCUT2D eigenvalue weighted by Crippen LogP contribution is 2.27. The maximum atomic E-state index is 13.0. The Labute approximate surface area is 484 Å². The first kappa shape index (κ1) is 55.6. The van der Waals surface area contributed by atoms with Crippen molar-refractivity contribution in [3.05, 3.63) is 225 Å². The summed E-state index contributed by atoms with van der Waals surface area (Å²) in [7, 11) is -14.0. The van der Waals surface area contributed by atoms with Crippen LogP contribution in [0.3, 0.4) is 0 Å². The Morgan fingerprint density at radius 1 is 0.224 bits per heavy atom. The summed E-state index contributed by atoms with van der Waals surface area (Å²) in [5.41, 5.74) is 4.17. The van der Waals surface area contributed by atoms with Crippen molar-refractivity contribution in [2.24, 2.45) is 0 Å². The SMILES string of the molecule is O=c1c2ccccc2[nH]c2cc3c(=O)c4cc(S(=O)(=O)[O-])ccc4[nH]c3cc12.O=c1c2ccccc2[nH]c2cc3c(=O)c4cc(S(=O)(=O)[O-])ccc4[nH]c3cc12.O=c1c2ccccc2[nH]c2cc3c(=O)c4cc(S(=O)(=O)[O-])ccc4[nH]c3cc12.[Al]. The molecule has 0 saturated carbocycles. The highest BCUT2D eigenvalue weighted by Gasteiger charge is 2.17. The molecule has 6 N–H and O–H groups in total. The monoisotopic (exact) mass is 1200 g/mol. The summed E-state index contributed by atoms with van der Waals surface area (Å²) < 4.78 is 102. The van der Waals surface area contributed by atoms with Crippen molar-refractivity contribution in [3.8, 4) is 0 Å². The van der Waals surface area contributed by atoms with Crippen LogP contribution in [0.5, 0.6) is 0 Å². The minimum atomic E-state index is -4.68. The molecular formula is C60H33AlN6O15S3-3. The maximum absolute atomic E-state index is 13.0. The molecule has 21 nitrogen and oxygen atoms in total. The summed E-state index contributed by atoms with van der Waals surface area (Å²) in [4.78, 5) is 94.5. The Balaban J connectivity index is 0.000000124. The Morgan fingerprint density at radius 2 is 0.400 bits per heavy atom. The van der Waals surface area contributed by atoms with E-state index in [1.54, 1.807) is 109 Å². The van der Waals surface area contributed by atoms with Gasteiger partial charge >= 0.3 is 0 Å². The number of pyridine rings is 6. The Hall–Kier alpha value is -9.94. The molecule has 6 aromatic heterocycles. The molecule has 0 bridgehead atoms. The van der Waals surface area contributed by atoms with Crippen LogP contribution in [-0.2, 0) is 30.4 Å². The fourth-order valence-corrected chi connectivity index (χ4v) is 12.1. The molecule has 0 spiro atoms. The fraction of sp³-hybridized carbons (Fsp3) is 0. The number of rotatable bonds is 3. The van der Waals surface area contributed by atoms with E-state index in [2.05, 4.69) is 29.9 Å². The van der Waals surface area contributed by atoms with Crippen molar-refractivity contribution in [2.45, 2.75) is 14.7 Å². The van der Waals surface area contributed by atoms with Crippen molar-refractivity contribution >= 4 is 179 Å². The molecule has 0 aliphatic rings. The normalized spacial score (nSPS) is 12.2. The molecule has 417 valence electrons. The van der Waals surface area contributed by atoms with Crippen LogP contribution in [0.25, 0.3) is 131 Å². The second-order valence-electron chi connectivity index (χ2n) is 19.7. The van der Waals surface area contributed by atoms with E-state index in [0.29, 0.717) is 98.5 Å². The number of nitrogens with one attached hydrogen (secondary N) is 6. The number of hydrogen-bond acceptors (Lipinski definition) is 15. The largest absolute Gasteiger partial charge is 0.744 e. The summed E-state index contributed by atoms with van der Waals surface area (Å²) in [6, 6.07) is 41.5. The smallest absolute Gasteiger partial charge is 0.197 e. The van der Waals surface area contributed by atoms with Gasteiger partial charge in [-0.3, -0.25) is 28.8 Å². The first-order valence-corrected chi connectivity index (χ1v) is 29.2. The van der Waals surface area contributed by atoms with E-state index in [1.807, 2.05) is 0 Å². The summed E-state index contributed by atoms with van der Waals surface area (Å²) >= 11 is 0. The molecule has 0 saturated heterocycles. The van der Waals surface area contributed by atoms with Gasteiger partial charge in [-0.25, -0.2) is 25.3 Å². The van der Waals surface area contributed by atoms with Gasteiger partial charge in [0.2, 0.25) is 0 Å². The van der Waals surface area contributed by atoms with Crippen LogP contribution in [0.2, 0.25) is 0 Å². The third kappa shape index (κ3) is 9.61. The third-order valence-electron chi connectivity index (χ3n) is 14.6. The minimum Gasteiger partial charge on any atom is -0.744 e. The predicted octanol–water partition coefficient (Wildman–Crippen LogP) is 7.36. The summed E-state index contributed by atoms with van der Waals surface area (Å²) in [6.07, 6.45) is 0. The number of aromatic amines is 6. The Kier molecular flexibility index (Phi) is 13.2. The van der Waals surface area contributed by atoms with Crippen LogP contribution >= 0.6 is 0 Å². The standard InChI is InChI=1S/3C20H12N2O5S.Al/c3*23-19-11-3-1-2-4-15(11)21-17-9-14-18(8-13(17)19)22-16-6-5-10(28(25,26)27)7-12(16)20(14)24;/h3*1-9H,(H,21,23)(H,22,24)(H,25,26,27);/p-3. The van der Waals surface area contributed by atoms with Gasteiger partial charge in [0, 0.05) is 115 Å². The minimum absolute atomic E-state index is 0. The third-order valence-corrected chi connectivity index (χ3v) is 17.1. The van der Waals surface area contributed by atoms with Gasteiger partial charge in [0.15, 0.2) is 32.6 Å². The molecule has 0 fully saturated rings. The molecule has 0 atom stereocenters. The van der Waals surface area contributed by atoms with Crippen molar-refractivity contribution in [1.29, 1.82) is 0 Å². The van der Waals surface area contributed by atoms with Crippen molar-refractivity contribution < 1.29 is 38.9 Å². The molecule has 0 aliphatic carbocycles. The quantitative estimate of drug-likeness (QED) is 0.0571. The van der Waals surface area contributed by atoms with Crippen LogP contribution in [0, 0.1) is 0 Å². The lowest BCUT2D eigenvalue weighted by Gasteiger charge is -2.09. The number of para-hydroxylation sites is 3. The van der Waals surface area contributed by atoms with Crippen LogP contribution in [0.15, 0.2) is 207 Å². The first-order valence-electron chi connectivity index (χ1n) is 25.0. The van der Waals surface area contributed by atoms with Gasteiger partial charge in [-0.2, -0.15) is 0 Å². The van der Waals surface area contributed by atoms with E-state index >= 15 is 0 Å². The van der Waals surface area contributed by atoms with E-state index < -0.39 is 61.3 Å². The zero-order valence-corrected chi connectivity index (χ0v) is 46.6. The highest BCUT2D eigenvalue weighted by molar-refractivity contribution is 7.86. The molecule has 25 heteroatoms. The molecule has 3 radical (unpaired) electrons. The second-order valence-corrected chi connectivity index (χ2v) is 23.8. The van der Waals surface area contributed by atoms with Gasteiger partial charge in [-0.05, 0) is 127 Å². The molecule has 85 heavy (non-hydrogen) atoms. The number of fused-ring (bicyclic) bond motifs is 12. The number of hydrogen-bond donors (Lipinski definition) is 6. The Bertz CT molecular complexity index is 5660. The van der Waals surface area contributed by atoms with E-state index in [1.165, 1.54) is 18.2 Å². The van der Waals surface area contributed by atoms with E-state index in [9.17, 15) is 67.7 Å². The van der Waals surface area contributed by atoms with Gasteiger partial charge in [0.1, 0.15) is 30.4 Å². The summed E-state index contributed by atoms with van der Waals surface area (Å²) in [5, 5.41) is 4.04. The van der Waals surface area contributed by atoms with E-state index in [0.717, 1.165) is 36.4 Å². The average Bonchev–Trinajstić information content (AvgIpc) is 3.67. The summed E-state index contributed by atoms with van der Waals surface area (Å²) in [6.45, 7) is 0. The lowest BCUT2D eigenvalue weighted by Crippen LogP contribution is -2.09. The van der Waals surface area contributed by atoms with Crippen LogP contribution < -0.4 is 32.6 Å². The van der Waals surface area contributed by atoms with Crippen molar-refractivity contribution in [3.63, 3.8) is 0 Å². The van der Waals surface area contributed by atoms with E-state index in [-0.39, 0.29) is 66.0 Å². The molecule has 9 aromatic carbocycles. The van der Waals surface area contributed by atoms with Crippen LogP contribution in [0.1, 0.15) is 0 Å². The van der Waals surface area contributed by atoms with Gasteiger partial charge in [-0.15, -0.1) is 0 Å². The molecular weight excluding hydrogens is 1170 g/mol. The number of benzene rings is 9. The zero-order chi connectivity index (χ0) is 58.9. The average molecular weight is 1200 g/mol.